The van der Waals surface area contributed by atoms with Crippen LogP contribution in [0.25, 0.3) is 104 Å². The van der Waals surface area contributed by atoms with Crippen molar-refractivity contribution in [1.29, 1.82) is 0 Å². The molecule has 0 amide bonds. The first-order valence-corrected chi connectivity index (χ1v) is 19.6. The second kappa shape index (κ2) is 13.3. The molecule has 0 aliphatic carbocycles. The predicted molar refractivity (Wildman–Crippen MR) is 234 cm³/mol. The van der Waals surface area contributed by atoms with E-state index in [2.05, 4.69) is 162 Å². The quantitative estimate of drug-likeness (QED) is 0.171. The maximum absolute atomic E-state index is 5.12. The van der Waals surface area contributed by atoms with Gasteiger partial charge in [-0.3, -0.25) is 0 Å². The van der Waals surface area contributed by atoms with Gasteiger partial charge in [0.05, 0.1) is 11.0 Å². The molecule has 0 bridgehead atoms. The molecule has 11 aromatic rings. The zero-order valence-electron chi connectivity index (χ0n) is 30.2. The third-order valence-corrected chi connectivity index (χ3v) is 11.8. The predicted octanol–water partition coefficient (Wildman–Crippen LogP) is 13.7. The first-order valence-electron chi connectivity index (χ1n) is 18.8. The number of benzene rings is 8. The lowest BCUT2D eigenvalue weighted by atomic mass is 9.92. The molecule has 0 aliphatic rings. The second-order valence-electron chi connectivity index (χ2n) is 14.0. The number of aromatic nitrogens is 4. The molecule has 5 heteroatoms. The van der Waals surface area contributed by atoms with Crippen LogP contribution in [0.3, 0.4) is 0 Å². The van der Waals surface area contributed by atoms with Crippen molar-refractivity contribution in [2.75, 3.05) is 0 Å². The Balaban J connectivity index is 1.08. The fourth-order valence-corrected chi connectivity index (χ4v) is 9.20. The molecular weight excluding hydrogens is 701 g/mol. The zero-order chi connectivity index (χ0) is 37.0. The number of fused-ring (bicyclic) bond motifs is 6. The summed E-state index contributed by atoms with van der Waals surface area (Å²) >= 11 is 1.81. The minimum atomic E-state index is 0.657. The van der Waals surface area contributed by atoms with Gasteiger partial charge in [-0.1, -0.05) is 146 Å². The van der Waals surface area contributed by atoms with E-state index in [1.807, 2.05) is 36.4 Å². The summed E-state index contributed by atoms with van der Waals surface area (Å²) in [4.78, 5) is 15.2. The Morgan fingerprint density at radius 1 is 0.339 bits per heavy atom. The highest BCUT2D eigenvalue weighted by molar-refractivity contribution is 7.26. The molecule has 0 atom stereocenters. The number of nitrogens with zero attached hydrogens (tertiary/aromatic N) is 4. The molecule has 0 radical (unpaired) electrons. The van der Waals surface area contributed by atoms with Crippen LogP contribution in [0, 0.1) is 0 Å². The van der Waals surface area contributed by atoms with E-state index in [1.54, 1.807) is 11.3 Å². The van der Waals surface area contributed by atoms with E-state index < -0.39 is 0 Å². The fraction of sp³-hybridized carbons (Fsp3) is 0. The summed E-state index contributed by atoms with van der Waals surface area (Å²) in [5.74, 6) is 1.98. The molecule has 8 aromatic carbocycles. The minimum absolute atomic E-state index is 0.657. The summed E-state index contributed by atoms with van der Waals surface area (Å²) in [6.45, 7) is 0. The summed E-state index contributed by atoms with van der Waals surface area (Å²) < 4.78 is 4.79. The number of hydrogen-bond acceptors (Lipinski definition) is 4. The van der Waals surface area contributed by atoms with Crippen LogP contribution in [-0.4, -0.2) is 19.5 Å². The largest absolute Gasteiger partial charge is 0.309 e. The maximum atomic E-state index is 5.12. The van der Waals surface area contributed by atoms with Gasteiger partial charge in [-0.2, -0.15) is 0 Å². The van der Waals surface area contributed by atoms with Crippen LogP contribution in [0.4, 0.5) is 0 Å². The molecule has 0 unspecified atom stereocenters. The van der Waals surface area contributed by atoms with Crippen molar-refractivity contribution in [3.05, 3.63) is 194 Å². The molecule has 0 aliphatic heterocycles. The van der Waals surface area contributed by atoms with E-state index in [9.17, 15) is 0 Å². The highest BCUT2D eigenvalue weighted by atomic mass is 32.1. The van der Waals surface area contributed by atoms with Crippen LogP contribution < -0.4 is 0 Å². The Bertz CT molecular complexity index is 3180. The topological polar surface area (TPSA) is 43.6 Å². The average Bonchev–Trinajstić information content (AvgIpc) is 3.82. The molecule has 4 nitrogen and oxygen atoms in total. The number of hydrogen-bond donors (Lipinski definition) is 0. The van der Waals surface area contributed by atoms with Crippen LogP contribution in [0.15, 0.2) is 194 Å². The highest BCUT2D eigenvalue weighted by Crippen LogP contribution is 2.43. The summed E-state index contributed by atoms with van der Waals surface area (Å²) in [6, 6.07) is 68.7. The van der Waals surface area contributed by atoms with Crippen molar-refractivity contribution in [2.45, 2.75) is 0 Å². The Labute approximate surface area is 327 Å². The molecule has 0 saturated carbocycles. The SMILES string of the molecule is c1ccc(-c2nc(-c3ccccc3)nc(-c3cccc4sc5ccc(-c6ccccc6-c6ccc7c(c6)c6ccccc6n7-c6ccccc6)cc5c34)n2)cc1. The Morgan fingerprint density at radius 3 is 1.57 bits per heavy atom. The van der Waals surface area contributed by atoms with E-state index in [4.69, 9.17) is 15.0 Å². The van der Waals surface area contributed by atoms with Gasteiger partial charge in [0.15, 0.2) is 17.5 Å². The van der Waals surface area contributed by atoms with E-state index >= 15 is 0 Å². The third-order valence-electron chi connectivity index (χ3n) is 10.7. The van der Waals surface area contributed by atoms with Gasteiger partial charge in [-0.25, -0.2) is 15.0 Å². The van der Waals surface area contributed by atoms with Crippen molar-refractivity contribution in [3.8, 4) is 62.1 Å². The van der Waals surface area contributed by atoms with E-state index in [1.165, 1.54) is 58.8 Å². The lowest BCUT2D eigenvalue weighted by molar-refractivity contribution is 1.08. The lowest BCUT2D eigenvalue weighted by Gasteiger charge is -2.12. The number of thiophene rings is 1. The van der Waals surface area contributed by atoms with E-state index in [0.717, 1.165) is 27.8 Å². The lowest BCUT2D eigenvalue weighted by Crippen LogP contribution is -2.00. The van der Waals surface area contributed by atoms with Crippen LogP contribution in [0.1, 0.15) is 0 Å². The minimum Gasteiger partial charge on any atom is -0.309 e. The molecule has 0 fully saturated rings. The van der Waals surface area contributed by atoms with Gasteiger partial charge in [0.1, 0.15) is 0 Å². The molecule has 262 valence electrons. The van der Waals surface area contributed by atoms with Gasteiger partial charge in [-0.05, 0) is 70.8 Å². The van der Waals surface area contributed by atoms with Gasteiger partial charge in [0.25, 0.3) is 0 Å². The molecule has 56 heavy (non-hydrogen) atoms. The van der Waals surface area contributed by atoms with Crippen LogP contribution in [-0.2, 0) is 0 Å². The fourth-order valence-electron chi connectivity index (χ4n) is 8.09. The summed E-state index contributed by atoms with van der Waals surface area (Å²) in [5.41, 5.74) is 11.2. The zero-order valence-corrected chi connectivity index (χ0v) is 31.0. The van der Waals surface area contributed by atoms with Crippen molar-refractivity contribution in [3.63, 3.8) is 0 Å². The normalized spacial score (nSPS) is 11.6. The van der Waals surface area contributed by atoms with Gasteiger partial charge in [0.2, 0.25) is 0 Å². The molecule has 0 spiro atoms. The van der Waals surface area contributed by atoms with Gasteiger partial charge in [-0.15, -0.1) is 11.3 Å². The molecule has 0 saturated heterocycles. The third kappa shape index (κ3) is 5.40. The van der Waals surface area contributed by atoms with Crippen LogP contribution >= 0.6 is 11.3 Å². The van der Waals surface area contributed by atoms with Crippen LogP contribution in [0.5, 0.6) is 0 Å². The smallest absolute Gasteiger partial charge is 0.164 e. The Hall–Kier alpha value is -7.21. The molecule has 3 aromatic heterocycles. The standard InChI is InChI=1S/C51H32N4S/c1-4-15-33(16-5-1)49-52-50(34-17-6-2-7-18-34)54-51(53-49)41-24-14-26-47-48(41)43-32-36(28-30-46(43)56-47)39-22-11-10-21-38(39)35-27-29-45-42(31-35)40-23-12-13-25-44(40)55(45)37-19-8-3-9-20-37/h1-32H. The van der Waals surface area contributed by atoms with Crippen molar-refractivity contribution < 1.29 is 0 Å². The highest BCUT2D eigenvalue weighted by Gasteiger charge is 2.19. The molecule has 0 N–H and O–H groups in total. The average molecular weight is 733 g/mol. The number of para-hydroxylation sites is 2. The molecule has 3 heterocycles. The molecule has 11 rings (SSSR count). The van der Waals surface area contributed by atoms with E-state index in [0.29, 0.717) is 17.5 Å². The van der Waals surface area contributed by atoms with Crippen molar-refractivity contribution in [2.24, 2.45) is 0 Å². The first-order chi connectivity index (χ1) is 27.8. The van der Waals surface area contributed by atoms with Gasteiger partial charge in [0, 0.05) is 53.3 Å². The summed E-state index contributed by atoms with van der Waals surface area (Å²) in [5, 5.41) is 4.83. The monoisotopic (exact) mass is 732 g/mol. The van der Waals surface area contributed by atoms with Gasteiger partial charge < -0.3 is 4.57 Å². The Morgan fingerprint density at radius 2 is 0.875 bits per heavy atom. The van der Waals surface area contributed by atoms with Crippen molar-refractivity contribution in [1.82, 2.24) is 19.5 Å². The van der Waals surface area contributed by atoms with Crippen molar-refractivity contribution >= 4 is 53.3 Å². The second-order valence-corrected chi connectivity index (χ2v) is 15.1. The van der Waals surface area contributed by atoms with Crippen LogP contribution in [0.2, 0.25) is 0 Å². The van der Waals surface area contributed by atoms with Gasteiger partial charge >= 0.3 is 0 Å². The summed E-state index contributed by atoms with van der Waals surface area (Å²) in [6.07, 6.45) is 0. The Kier molecular flexibility index (Phi) is 7.64. The van der Waals surface area contributed by atoms with E-state index in [-0.39, 0.29) is 0 Å². The first kappa shape index (κ1) is 32.2. The maximum Gasteiger partial charge on any atom is 0.164 e. The summed E-state index contributed by atoms with van der Waals surface area (Å²) in [7, 11) is 0. The number of rotatable bonds is 6. The molecular formula is C51H32N4S.